The summed E-state index contributed by atoms with van der Waals surface area (Å²) in [5.74, 6) is 1.36. The summed E-state index contributed by atoms with van der Waals surface area (Å²) >= 11 is 0. The fourth-order valence-electron chi connectivity index (χ4n) is 3.51. The Kier molecular flexibility index (Phi) is 5.03. The number of nitrogens with one attached hydrogen (secondary N) is 1. The fourth-order valence-corrected chi connectivity index (χ4v) is 3.91. The third kappa shape index (κ3) is 3.72. The summed E-state index contributed by atoms with van der Waals surface area (Å²) in [5, 5.41) is 9.58. The number of rotatable bonds is 5. The van der Waals surface area contributed by atoms with E-state index in [-0.39, 0.29) is 0 Å². The quantitative estimate of drug-likeness (QED) is 0.399. The molecule has 0 saturated heterocycles. The smallest absolute Gasteiger partial charge is 0.232 e. The van der Waals surface area contributed by atoms with Gasteiger partial charge in [0, 0.05) is 16.8 Å². The first-order valence-electron chi connectivity index (χ1n) is 9.62. The monoisotopic (exact) mass is 426 g/mol. The average molecular weight is 427 g/mol. The maximum Gasteiger partial charge on any atom is 0.232 e. The number of aromatic nitrogens is 2. The Bertz CT molecular complexity index is 1370. The van der Waals surface area contributed by atoms with Gasteiger partial charge in [-0.1, -0.05) is 60.7 Å². The lowest BCUT2D eigenvalue weighted by molar-refractivity contribution is 0.618. The second-order valence-corrected chi connectivity index (χ2v) is 7.95. The van der Waals surface area contributed by atoms with Gasteiger partial charge in [0.1, 0.15) is 28.9 Å². The molecule has 0 spiro atoms. The Labute approximate surface area is 181 Å². The molecule has 152 valence electrons. The van der Waals surface area contributed by atoms with E-state index < -0.39 is 11.0 Å². The number of hydrogen-bond acceptors (Lipinski definition) is 5. The predicted octanol–water partition coefficient (Wildman–Crippen LogP) is 5.28. The van der Waals surface area contributed by atoms with E-state index in [1.807, 2.05) is 72.8 Å². The number of furan rings is 1. The molecule has 0 bridgehead atoms. The van der Waals surface area contributed by atoms with Crippen molar-refractivity contribution in [2.24, 2.45) is 5.14 Å². The van der Waals surface area contributed by atoms with Crippen LogP contribution >= 0.6 is 0 Å². The Hall–Kier alpha value is -3.81. The first-order chi connectivity index (χ1) is 15.2. The summed E-state index contributed by atoms with van der Waals surface area (Å²) in [6.45, 7) is 0. The zero-order valence-corrected chi connectivity index (χ0v) is 17.2. The molecule has 3 N–H and O–H groups in total. The van der Waals surface area contributed by atoms with Crippen molar-refractivity contribution in [1.29, 1.82) is 0 Å². The number of nitrogens with zero attached hydrogens (tertiary/aromatic N) is 2. The van der Waals surface area contributed by atoms with Crippen LogP contribution in [0.5, 0.6) is 0 Å². The van der Waals surface area contributed by atoms with Crippen molar-refractivity contribution in [3.63, 3.8) is 0 Å². The SMILES string of the molecule is NS(=O)c1ccc(Nc2ncnc3oc(-c4ccccc4)c(-c4ccccc4)c23)cc1. The number of benzene rings is 3. The van der Waals surface area contributed by atoms with Crippen molar-refractivity contribution >= 4 is 33.6 Å². The Morgan fingerprint density at radius 3 is 2.10 bits per heavy atom. The first-order valence-corrected chi connectivity index (χ1v) is 10.8. The third-order valence-electron chi connectivity index (χ3n) is 4.94. The van der Waals surface area contributed by atoms with Gasteiger partial charge in [0.2, 0.25) is 5.71 Å². The van der Waals surface area contributed by atoms with E-state index in [2.05, 4.69) is 15.3 Å². The van der Waals surface area contributed by atoms with Gasteiger partial charge >= 0.3 is 0 Å². The van der Waals surface area contributed by atoms with Crippen LogP contribution < -0.4 is 10.5 Å². The highest BCUT2D eigenvalue weighted by Gasteiger charge is 2.22. The van der Waals surface area contributed by atoms with E-state index in [1.54, 1.807) is 12.1 Å². The molecule has 6 nitrogen and oxygen atoms in total. The highest BCUT2D eigenvalue weighted by Crippen LogP contribution is 2.42. The van der Waals surface area contributed by atoms with Gasteiger partial charge in [0.15, 0.2) is 0 Å². The van der Waals surface area contributed by atoms with Crippen molar-refractivity contribution in [3.05, 3.63) is 91.3 Å². The van der Waals surface area contributed by atoms with E-state index in [9.17, 15) is 4.21 Å². The maximum absolute atomic E-state index is 11.5. The number of anilines is 2. The summed E-state index contributed by atoms with van der Waals surface area (Å²) in [6, 6.07) is 27.1. The minimum Gasteiger partial charge on any atom is -0.437 e. The van der Waals surface area contributed by atoms with Gasteiger partial charge < -0.3 is 9.73 Å². The van der Waals surface area contributed by atoms with Crippen molar-refractivity contribution in [1.82, 2.24) is 9.97 Å². The average Bonchev–Trinajstić information content (AvgIpc) is 3.21. The molecular formula is C24H18N4O2S. The normalized spacial score (nSPS) is 12.0. The molecule has 0 radical (unpaired) electrons. The van der Waals surface area contributed by atoms with Crippen LogP contribution in [-0.2, 0) is 11.0 Å². The molecule has 0 aliphatic rings. The van der Waals surface area contributed by atoms with Crippen molar-refractivity contribution < 1.29 is 8.63 Å². The van der Waals surface area contributed by atoms with Crippen LogP contribution in [-0.4, -0.2) is 14.2 Å². The Balaban J connectivity index is 1.70. The van der Waals surface area contributed by atoms with Crippen molar-refractivity contribution in [2.45, 2.75) is 4.90 Å². The molecule has 31 heavy (non-hydrogen) atoms. The van der Waals surface area contributed by atoms with Gasteiger partial charge in [-0.15, -0.1) is 0 Å². The molecule has 2 heterocycles. The molecule has 1 unspecified atom stereocenters. The predicted molar refractivity (Wildman–Crippen MR) is 123 cm³/mol. The Morgan fingerprint density at radius 2 is 1.45 bits per heavy atom. The van der Waals surface area contributed by atoms with E-state index in [1.165, 1.54) is 6.33 Å². The lowest BCUT2D eigenvalue weighted by atomic mass is 9.99. The molecule has 3 aromatic carbocycles. The van der Waals surface area contributed by atoms with Crippen LogP contribution in [0.1, 0.15) is 0 Å². The van der Waals surface area contributed by atoms with E-state index in [0.717, 1.165) is 33.5 Å². The van der Waals surface area contributed by atoms with Crippen LogP contribution in [0.2, 0.25) is 0 Å². The number of nitrogens with two attached hydrogens (primary N) is 1. The molecule has 2 aromatic heterocycles. The largest absolute Gasteiger partial charge is 0.437 e. The van der Waals surface area contributed by atoms with Gasteiger partial charge in [0.25, 0.3) is 0 Å². The van der Waals surface area contributed by atoms with Gasteiger partial charge in [0.05, 0.1) is 10.3 Å². The molecule has 0 saturated carbocycles. The van der Waals surface area contributed by atoms with Crippen LogP contribution in [0.15, 0.2) is 101 Å². The van der Waals surface area contributed by atoms with E-state index in [0.29, 0.717) is 16.4 Å². The van der Waals surface area contributed by atoms with Gasteiger partial charge in [-0.2, -0.15) is 0 Å². The molecule has 7 heteroatoms. The maximum atomic E-state index is 11.5. The van der Waals surface area contributed by atoms with E-state index >= 15 is 0 Å². The zero-order chi connectivity index (χ0) is 21.2. The van der Waals surface area contributed by atoms with Crippen LogP contribution in [0.4, 0.5) is 11.5 Å². The molecule has 5 aromatic rings. The molecule has 0 amide bonds. The highest BCUT2D eigenvalue weighted by atomic mass is 32.2. The molecule has 0 fully saturated rings. The number of hydrogen-bond donors (Lipinski definition) is 2. The summed E-state index contributed by atoms with van der Waals surface area (Å²) in [6.07, 6.45) is 1.47. The molecule has 0 aliphatic heterocycles. The van der Waals surface area contributed by atoms with E-state index in [4.69, 9.17) is 9.56 Å². The van der Waals surface area contributed by atoms with Crippen molar-refractivity contribution in [2.75, 3.05) is 5.32 Å². The van der Waals surface area contributed by atoms with Gasteiger partial charge in [-0.3, -0.25) is 0 Å². The van der Waals surface area contributed by atoms with Gasteiger partial charge in [-0.25, -0.2) is 19.3 Å². The molecule has 0 aliphatic carbocycles. The summed E-state index contributed by atoms with van der Waals surface area (Å²) in [4.78, 5) is 9.42. The topological polar surface area (TPSA) is 94.0 Å². The van der Waals surface area contributed by atoms with Crippen LogP contribution in [0.25, 0.3) is 33.6 Å². The highest BCUT2D eigenvalue weighted by molar-refractivity contribution is 7.82. The standard InChI is InChI=1S/C24H18N4O2S/c25-31(29)19-13-11-18(12-14-19)28-23-21-20(16-7-3-1-4-8-16)22(17-9-5-2-6-10-17)30-24(21)27-15-26-23/h1-15H,25H2,(H,26,27,28). The second kappa shape index (κ2) is 8.14. The second-order valence-electron chi connectivity index (χ2n) is 6.89. The van der Waals surface area contributed by atoms with Crippen molar-refractivity contribution in [3.8, 4) is 22.5 Å². The zero-order valence-electron chi connectivity index (χ0n) is 16.4. The summed E-state index contributed by atoms with van der Waals surface area (Å²) < 4.78 is 17.7. The number of fused-ring (bicyclic) bond motifs is 1. The summed E-state index contributed by atoms with van der Waals surface area (Å²) in [7, 11) is -1.52. The minimum atomic E-state index is -1.52. The molecule has 5 rings (SSSR count). The van der Waals surface area contributed by atoms with Gasteiger partial charge in [-0.05, 0) is 29.8 Å². The van der Waals surface area contributed by atoms with Crippen LogP contribution in [0.3, 0.4) is 0 Å². The third-order valence-corrected chi connectivity index (χ3v) is 5.67. The van der Waals surface area contributed by atoms with Crippen LogP contribution in [0, 0.1) is 0 Å². The molecular weight excluding hydrogens is 408 g/mol. The molecule has 1 atom stereocenters. The summed E-state index contributed by atoms with van der Waals surface area (Å²) in [5.41, 5.74) is 4.17. The lowest BCUT2D eigenvalue weighted by Crippen LogP contribution is -2.02. The fraction of sp³-hybridized carbons (Fsp3) is 0. The lowest BCUT2D eigenvalue weighted by Gasteiger charge is -2.09. The minimum absolute atomic E-state index is 0.495. The Morgan fingerprint density at radius 1 is 0.806 bits per heavy atom. The first kappa shape index (κ1) is 19.2.